The summed E-state index contributed by atoms with van der Waals surface area (Å²) in [6.45, 7) is 0. The molecule has 10 heavy (non-hydrogen) atoms. The number of halogens is 3. The first-order valence-electron chi connectivity index (χ1n) is 2.26. The first kappa shape index (κ1) is 8.06. The summed E-state index contributed by atoms with van der Waals surface area (Å²) < 4.78 is 25.2. The predicted octanol–water partition coefficient (Wildman–Crippen LogP) is 1.00. The van der Waals surface area contributed by atoms with Gasteiger partial charge in [0.2, 0.25) is 0 Å². The molecule has 1 aliphatic rings. The van der Waals surface area contributed by atoms with E-state index in [-0.39, 0.29) is 4.91 Å². The van der Waals surface area contributed by atoms with Crippen molar-refractivity contribution in [2.24, 2.45) is 5.84 Å². The number of hydrogen-bond donors (Lipinski definition) is 2. The smallest absolute Gasteiger partial charge is 0.302 e. The van der Waals surface area contributed by atoms with Crippen LogP contribution in [0.15, 0.2) is 11.1 Å². The molecule has 1 aliphatic heterocycles. The maximum absolute atomic E-state index is 12.2. The van der Waals surface area contributed by atoms with Gasteiger partial charge in [0.05, 0.1) is 0 Å². The van der Waals surface area contributed by atoms with Crippen LogP contribution in [-0.4, -0.2) is 9.90 Å². The number of hydrazine groups is 2. The van der Waals surface area contributed by atoms with E-state index in [1.807, 2.05) is 0 Å². The topological polar surface area (TPSA) is 41.3 Å². The zero-order chi connectivity index (χ0) is 7.78. The van der Waals surface area contributed by atoms with Gasteiger partial charge < -0.3 is 5.43 Å². The van der Waals surface area contributed by atoms with E-state index in [1.54, 1.807) is 0 Å². The molecule has 3 N–H and O–H groups in total. The summed E-state index contributed by atoms with van der Waals surface area (Å²) in [6.07, 6.45) is 1.05. The number of nitrogens with zero attached hydrogens (tertiary/aromatic N) is 1. The summed E-state index contributed by atoms with van der Waals surface area (Å²) in [5, 5.41) is -3.33. The van der Waals surface area contributed by atoms with Gasteiger partial charge in [0.1, 0.15) is 4.91 Å². The quantitative estimate of drug-likeness (QED) is 0.365. The molecule has 0 aromatic carbocycles. The Morgan fingerprint density at radius 2 is 2.40 bits per heavy atom. The van der Waals surface area contributed by atoms with Gasteiger partial charge in [-0.2, -0.15) is 8.78 Å². The summed E-state index contributed by atoms with van der Waals surface area (Å²) in [5.74, 6) is 5.06. The summed E-state index contributed by atoms with van der Waals surface area (Å²) in [7, 11) is 0. The molecule has 0 radical (unpaired) electrons. The molecular formula is C3H4ClF2N3S. The largest absolute Gasteiger partial charge is 0.356 e. The third-order valence-corrected chi connectivity index (χ3v) is 1.99. The number of nitrogens with one attached hydrogen (secondary N) is 1. The van der Waals surface area contributed by atoms with Crippen LogP contribution < -0.4 is 11.3 Å². The summed E-state index contributed by atoms with van der Waals surface area (Å²) in [6, 6.07) is 0. The maximum atomic E-state index is 12.2. The Balaban J connectivity index is 2.60. The lowest BCUT2D eigenvalue weighted by Crippen LogP contribution is -2.30. The lowest BCUT2D eigenvalue weighted by Gasteiger charge is -2.08. The van der Waals surface area contributed by atoms with Gasteiger partial charge in [0, 0.05) is 18.1 Å². The van der Waals surface area contributed by atoms with E-state index in [4.69, 9.17) is 5.84 Å². The van der Waals surface area contributed by atoms with E-state index in [0.717, 1.165) is 10.7 Å². The molecule has 58 valence electrons. The monoisotopic (exact) mass is 187 g/mol. The predicted molar refractivity (Wildman–Crippen MR) is 35.6 cm³/mol. The highest BCUT2D eigenvalue weighted by atomic mass is 35.5. The first-order valence-corrected chi connectivity index (χ1v) is 3.41. The van der Waals surface area contributed by atoms with Gasteiger partial charge in [-0.1, -0.05) is 4.52 Å². The van der Waals surface area contributed by atoms with Gasteiger partial charge in [0.15, 0.2) is 0 Å². The highest BCUT2D eigenvalue weighted by Crippen LogP contribution is 2.38. The molecule has 0 aromatic heterocycles. The van der Waals surface area contributed by atoms with Crippen LogP contribution in [0.3, 0.4) is 0 Å². The van der Waals surface area contributed by atoms with Crippen molar-refractivity contribution >= 4 is 23.5 Å². The van der Waals surface area contributed by atoms with Crippen LogP contribution in [0.25, 0.3) is 0 Å². The fraction of sp³-hybridized carbons (Fsp3) is 0.333. The van der Waals surface area contributed by atoms with Crippen LogP contribution in [0, 0.1) is 0 Å². The van der Waals surface area contributed by atoms with Gasteiger partial charge in [-0.15, -0.1) is 0 Å². The van der Waals surface area contributed by atoms with Crippen molar-refractivity contribution in [3.63, 3.8) is 0 Å². The minimum atomic E-state index is -3.33. The summed E-state index contributed by atoms with van der Waals surface area (Å²) in [4.78, 5) is -0.309. The molecule has 0 saturated carbocycles. The van der Waals surface area contributed by atoms with Crippen molar-refractivity contribution in [3.05, 3.63) is 11.1 Å². The molecule has 0 aliphatic carbocycles. The Labute approximate surface area is 65.3 Å². The van der Waals surface area contributed by atoms with E-state index in [1.165, 1.54) is 0 Å². The lowest BCUT2D eigenvalue weighted by atomic mass is 10.6. The summed E-state index contributed by atoms with van der Waals surface area (Å²) >= 11 is 5.31. The van der Waals surface area contributed by atoms with Crippen molar-refractivity contribution < 1.29 is 8.78 Å². The van der Waals surface area contributed by atoms with Crippen molar-refractivity contribution in [2.45, 2.75) is 5.38 Å². The molecule has 0 spiro atoms. The zero-order valence-corrected chi connectivity index (χ0v) is 6.22. The van der Waals surface area contributed by atoms with Crippen LogP contribution in [-0.2, 0) is 0 Å². The molecular weight excluding hydrogens is 184 g/mol. The molecule has 0 saturated heterocycles. The third kappa shape index (κ3) is 1.72. The van der Waals surface area contributed by atoms with Crippen molar-refractivity contribution in [1.29, 1.82) is 0 Å². The second-order valence-electron chi connectivity index (χ2n) is 1.55. The van der Waals surface area contributed by atoms with Crippen LogP contribution in [0.4, 0.5) is 8.78 Å². The van der Waals surface area contributed by atoms with Crippen LogP contribution in [0.1, 0.15) is 0 Å². The Morgan fingerprint density at radius 3 is 2.60 bits per heavy atom. The second kappa shape index (κ2) is 2.54. The molecule has 0 unspecified atom stereocenters. The Hall–Kier alpha value is -0.0400. The van der Waals surface area contributed by atoms with E-state index >= 15 is 0 Å². The average Bonchev–Trinajstić information content (AvgIpc) is 2.11. The van der Waals surface area contributed by atoms with Gasteiger partial charge in [-0.3, -0.25) is 0 Å². The fourth-order valence-corrected chi connectivity index (χ4v) is 1.10. The minimum absolute atomic E-state index is 0.309. The third-order valence-electron chi connectivity index (χ3n) is 0.799. The van der Waals surface area contributed by atoms with E-state index in [0.29, 0.717) is 11.9 Å². The Morgan fingerprint density at radius 1 is 1.80 bits per heavy atom. The number of hydrogen-bond acceptors (Lipinski definition) is 4. The van der Waals surface area contributed by atoms with Crippen molar-refractivity contribution in [1.82, 2.24) is 9.95 Å². The highest BCUT2D eigenvalue weighted by Gasteiger charge is 2.35. The second-order valence-corrected chi connectivity index (χ2v) is 3.04. The van der Waals surface area contributed by atoms with Crippen LogP contribution >= 0.6 is 23.5 Å². The van der Waals surface area contributed by atoms with Gasteiger partial charge in [-0.05, 0) is 11.6 Å². The average molecular weight is 188 g/mol. The number of nitrogens with two attached hydrogens (primary N) is 1. The first-order chi connectivity index (χ1) is 4.50. The molecule has 3 nitrogen and oxygen atoms in total. The SMILES string of the molecule is NN1NC=C(C(F)(F)Cl)S1. The Bertz CT molecular complexity index is 168. The maximum Gasteiger partial charge on any atom is 0.356 e. The van der Waals surface area contributed by atoms with Crippen LogP contribution in [0.2, 0.25) is 0 Å². The molecule has 0 fully saturated rings. The number of allylic oxidation sites excluding steroid dienone is 1. The lowest BCUT2D eigenvalue weighted by molar-refractivity contribution is 0.148. The molecule has 0 bridgehead atoms. The van der Waals surface area contributed by atoms with Crippen molar-refractivity contribution in [2.75, 3.05) is 0 Å². The van der Waals surface area contributed by atoms with E-state index < -0.39 is 5.38 Å². The standard InChI is InChI=1S/C3H4ClF2N3S/c4-3(5,6)2-1-8-9(7)10-2/h1,8H,7H2. The highest BCUT2D eigenvalue weighted by molar-refractivity contribution is 8.01. The van der Waals surface area contributed by atoms with E-state index in [2.05, 4.69) is 17.0 Å². The molecule has 1 heterocycles. The number of alkyl halides is 3. The summed E-state index contributed by atoms with van der Waals surface area (Å²) in [5.41, 5.74) is 2.32. The van der Waals surface area contributed by atoms with Gasteiger partial charge in [-0.25, -0.2) is 5.84 Å². The molecule has 1 rings (SSSR count). The minimum Gasteiger partial charge on any atom is -0.302 e. The molecule has 0 amide bonds. The zero-order valence-electron chi connectivity index (χ0n) is 4.64. The molecule has 7 heteroatoms. The molecule has 0 aromatic rings. The van der Waals surface area contributed by atoms with Crippen molar-refractivity contribution in [3.8, 4) is 0 Å². The van der Waals surface area contributed by atoms with Crippen LogP contribution in [0.5, 0.6) is 0 Å². The number of rotatable bonds is 1. The fourth-order valence-electron chi connectivity index (χ4n) is 0.414. The Kier molecular flexibility index (Phi) is 2.04. The van der Waals surface area contributed by atoms with Gasteiger partial charge in [0.25, 0.3) is 0 Å². The van der Waals surface area contributed by atoms with E-state index in [9.17, 15) is 8.78 Å². The van der Waals surface area contributed by atoms with Gasteiger partial charge >= 0.3 is 5.38 Å². The normalized spacial score (nSPS) is 20.6. The molecule has 0 atom stereocenters.